The summed E-state index contributed by atoms with van der Waals surface area (Å²) < 4.78 is 5.17. The summed E-state index contributed by atoms with van der Waals surface area (Å²) in [5.74, 6) is -0.578. The largest absolute Gasteiger partial charge is 0.394 e. The van der Waals surface area contributed by atoms with Crippen LogP contribution in [0.2, 0.25) is 0 Å². The number of carbonyl (C=O) groups excluding carboxylic acids is 2. The van der Waals surface area contributed by atoms with Crippen molar-refractivity contribution in [2.45, 2.75) is 12.5 Å². The first-order chi connectivity index (χ1) is 10.2. The topological polar surface area (TPSA) is 91.8 Å². The lowest BCUT2D eigenvalue weighted by Crippen LogP contribution is -2.53. The molecule has 0 aromatic carbocycles. The molecule has 0 radical (unpaired) electrons. The van der Waals surface area contributed by atoms with Gasteiger partial charge in [0, 0.05) is 25.5 Å². The second kappa shape index (κ2) is 7.70. The van der Waals surface area contributed by atoms with Gasteiger partial charge in [0.25, 0.3) is 0 Å². The molecule has 0 bridgehead atoms. The SMILES string of the molecule is O=C(Cc1ccncc1)N[C@@H](CO)C(=O)N1CCOCC1. The molecule has 1 aromatic heterocycles. The van der Waals surface area contributed by atoms with E-state index in [0.29, 0.717) is 26.3 Å². The Bertz CT molecular complexity index is 474. The maximum Gasteiger partial charge on any atom is 0.247 e. The zero-order chi connectivity index (χ0) is 15.1. The number of aromatic nitrogens is 1. The summed E-state index contributed by atoms with van der Waals surface area (Å²) in [5, 5.41) is 11.9. The van der Waals surface area contributed by atoms with Gasteiger partial charge in [-0.15, -0.1) is 0 Å². The van der Waals surface area contributed by atoms with Crippen LogP contribution in [0.5, 0.6) is 0 Å². The first-order valence-corrected chi connectivity index (χ1v) is 6.86. The highest BCUT2D eigenvalue weighted by molar-refractivity contribution is 5.88. The lowest BCUT2D eigenvalue weighted by atomic mass is 10.1. The van der Waals surface area contributed by atoms with Crippen LogP contribution in [0, 0.1) is 0 Å². The third-order valence-electron chi connectivity index (χ3n) is 3.25. The quantitative estimate of drug-likeness (QED) is 0.723. The number of hydrogen-bond acceptors (Lipinski definition) is 5. The molecule has 2 heterocycles. The summed E-state index contributed by atoms with van der Waals surface area (Å²) in [6.45, 7) is 1.51. The Morgan fingerprint density at radius 3 is 2.62 bits per heavy atom. The monoisotopic (exact) mass is 293 g/mol. The standard InChI is InChI=1S/C14H19N3O4/c18-10-12(14(20)17-5-7-21-8-6-17)16-13(19)9-11-1-3-15-4-2-11/h1-4,12,18H,5-10H2,(H,16,19)/t12-/m0/s1. The summed E-state index contributed by atoms with van der Waals surface area (Å²) in [7, 11) is 0. The number of aliphatic hydroxyl groups excluding tert-OH is 1. The second-order valence-corrected chi connectivity index (χ2v) is 4.77. The number of morpholine rings is 1. The number of aliphatic hydroxyl groups is 1. The summed E-state index contributed by atoms with van der Waals surface area (Å²) in [4.78, 5) is 29.6. The highest BCUT2D eigenvalue weighted by Gasteiger charge is 2.26. The first kappa shape index (κ1) is 15.4. The van der Waals surface area contributed by atoms with E-state index in [-0.39, 0.29) is 18.2 Å². The Balaban J connectivity index is 1.88. The van der Waals surface area contributed by atoms with Crippen molar-refractivity contribution in [1.29, 1.82) is 0 Å². The molecule has 0 unspecified atom stereocenters. The Kier molecular flexibility index (Phi) is 5.65. The maximum absolute atomic E-state index is 12.2. The molecule has 0 saturated carbocycles. The van der Waals surface area contributed by atoms with Gasteiger partial charge in [-0.1, -0.05) is 0 Å². The average molecular weight is 293 g/mol. The van der Waals surface area contributed by atoms with E-state index in [1.807, 2.05) is 0 Å². The summed E-state index contributed by atoms with van der Waals surface area (Å²) >= 11 is 0. The van der Waals surface area contributed by atoms with Gasteiger partial charge in [-0.2, -0.15) is 0 Å². The van der Waals surface area contributed by atoms with Crippen LogP contribution in [0.3, 0.4) is 0 Å². The smallest absolute Gasteiger partial charge is 0.247 e. The van der Waals surface area contributed by atoms with Gasteiger partial charge in [0.1, 0.15) is 6.04 Å². The van der Waals surface area contributed by atoms with Crippen molar-refractivity contribution >= 4 is 11.8 Å². The fraction of sp³-hybridized carbons (Fsp3) is 0.500. The van der Waals surface area contributed by atoms with Gasteiger partial charge in [-0.05, 0) is 17.7 Å². The van der Waals surface area contributed by atoms with Gasteiger partial charge < -0.3 is 20.1 Å². The molecule has 7 nitrogen and oxygen atoms in total. The van der Waals surface area contributed by atoms with Gasteiger partial charge in [-0.25, -0.2) is 0 Å². The first-order valence-electron chi connectivity index (χ1n) is 6.86. The Morgan fingerprint density at radius 2 is 2.00 bits per heavy atom. The zero-order valence-corrected chi connectivity index (χ0v) is 11.7. The minimum Gasteiger partial charge on any atom is -0.394 e. The van der Waals surface area contributed by atoms with Crippen molar-refractivity contribution in [2.24, 2.45) is 0 Å². The number of ether oxygens (including phenoxy) is 1. The fourth-order valence-electron chi connectivity index (χ4n) is 2.12. The predicted octanol–water partition coefficient (Wildman–Crippen LogP) is -1.04. The second-order valence-electron chi connectivity index (χ2n) is 4.77. The number of pyridine rings is 1. The van der Waals surface area contributed by atoms with Crippen LogP contribution in [-0.2, 0) is 20.7 Å². The molecule has 114 valence electrons. The molecule has 1 saturated heterocycles. The highest BCUT2D eigenvalue weighted by Crippen LogP contribution is 2.02. The molecule has 1 aromatic rings. The van der Waals surface area contributed by atoms with E-state index in [1.54, 1.807) is 29.4 Å². The molecule has 0 aliphatic carbocycles. The van der Waals surface area contributed by atoms with Gasteiger partial charge in [0.2, 0.25) is 11.8 Å². The Hall–Kier alpha value is -1.99. The van der Waals surface area contributed by atoms with Crippen molar-refractivity contribution in [3.05, 3.63) is 30.1 Å². The number of rotatable bonds is 5. The van der Waals surface area contributed by atoms with E-state index in [1.165, 1.54) is 0 Å². The van der Waals surface area contributed by atoms with Crippen LogP contribution < -0.4 is 5.32 Å². The maximum atomic E-state index is 12.2. The third kappa shape index (κ3) is 4.51. The molecule has 7 heteroatoms. The number of carbonyl (C=O) groups is 2. The molecule has 0 spiro atoms. The highest BCUT2D eigenvalue weighted by atomic mass is 16.5. The van der Waals surface area contributed by atoms with E-state index in [0.717, 1.165) is 5.56 Å². The van der Waals surface area contributed by atoms with E-state index in [9.17, 15) is 14.7 Å². The van der Waals surface area contributed by atoms with Crippen molar-refractivity contribution < 1.29 is 19.4 Å². The zero-order valence-electron chi connectivity index (χ0n) is 11.7. The normalized spacial score (nSPS) is 16.3. The van der Waals surface area contributed by atoms with E-state index >= 15 is 0 Å². The molecule has 21 heavy (non-hydrogen) atoms. The average Bonchev–Trinajstić information content (AvgIpc) is 2.53. The van der Waals surface area contributed by atoms with Crippen LogP contribution in [0.1, 0.15) is 5.56 Å². The van der Waals surface area contributed by atoms with E-state index in [4.69, 9.17) is 4.74 Å². The molecule has 2 rings (SSSR count). The van der Waals surface area contributed by atoms with Crippen LogP contribution >= 0.6 is 0 Å². The van der Waals surface area contributed by atoms with Crippen molar-refractivity contribution in [3.8, 4) is 0 Å². The summed E-state index contributed by atoms with van der Waals surface area (Å²) in [6, 6.07) is 2.56. The minimum absolute atomic E-state index is 0.148. The Morgan fingerprint density at radius 1 is 1.33 bits per heavy atom. The van der Waals surface area contributed by atoms with Crippen LogP contribution in [0.25, 0.3) is 0 Å². The van der Waals surface area contributed by atoms with Crippen molar-refractivity contribution in [3.63, 3.8) is 0 Å². The molecule has 2 N–H and O–H groups in total. The van der Waals surface area contributed by atoms with Crippen LogP contribution in [0.4, 0.5) is 0 Å². The molecular weight excluding hydrogens is 274 g/mol. The number of hydrogen-bond donors (Lipinski definition) is 2. The molecule has 1 atom stereocenters. The lowest BCUT2D eigenvalue weighted by Gasteiger charge is -2.30. The number of amides is 2. The van der Waals surface area contributed by atoms with Crippen molar-refractivity contribution in [2.75, 3.05) is 32.9 Å². The van der Waals surface area contributed by atoms with Gasteiger partial charge in [0.05, 0.1) is 26.2 Å². The fourth-order valence-corrected chi connectivity index (χ4v) is 2.12. The van der Waals surface area contributed by atoms with Gasteiger partial charge in [0.15, 0.2) is 0 Å². The molecule has 1 aliphatic heterocycles. The third-order valence-corrected chi connectivity index (χ3v) is 3.25. The Labute approximate surface area is 122 Å². The molecule has 1 aliphatic rings. The molecule has 1 fully saturated rings. The summed E-state index contributed by atoms with van der Waals surface area (Å²) in [5.41, 5.74) is 0.804. The van der Waals surface area contributed by atoms with Gasteiger partial charge >= 0.3 is 0 Å². The van der Waals surface area contributed by atoms with Crippen molar-refractivity contribution in [1.82, 2.24) is 15.2 Å². The number of nitrogens with one attached hydrogen (secondary N) is 1. The summed E-state index contributed by atoms with van der Waals surface area (Å²) in [6.07, 6.45) is 3.35. The minimum atomic E-state index is -0.905. The molecule has 2 amide bonds. The lowest BCUT2D eigenvalue weighted by molar-refractivity contribution is -0.140. The number of nitrogens with zero attached hydrogens (tertiary/aromatic N) is 2. The van der Waals surface area contributed by atoms with E-state index < -0.39 is 12.6 Å². The van der Waals surface area contributed by atoms with Crippen LogP contribution in [-0.4, -0.2) is 65.8 Å². The van der Waals surface area contributed by atoms with Crippen LogP contribution in [0.15, 0.2) is 24.5 Å². The predicted molar refractivity (Wildman–Crippen MR) is 74.4 cm³/mol. The van der Waals surface area contributed by atoms with Gasteiger partial charge in [-0.3, -0.25) is 14.6 Å². The molecular formula is C14H19N3O4. The van der Waals surface area contributed by atoms with E-state index in [2.05, 4.69) is 10.3 Å².